The van der Waals surface area contributed by atoms with Crippen molar-refractivity contribution in [1.29, 1.82) is 0 Å². The molecule has 1 aliphatic rings. The minimum absolute atomic E-state index is 1.04. The van der Waals surface area contributed by atoms with E-state index < -0.39 is 0 Å². The second-order valence-electron chi connectivity index (χ2n) is 3.31. The quantitative estimate of drug-likeness (QED) is 0.577. The maximum atomic E-state index is 2.31. The van der Waals surface area contributed by atoms with Crippen molar-refractivity contribution in [2.45, 2.75) is 0 Å². The first-order valence-corrected chi connectivity index (χ1v) is 3.96. The number of rotatable bonds is 3. The molecule has 0 aromatic rings. The van der Waals surface area contributed by atoms with E-state index in [9.17, 15) is 0 Å². The molecular weight excluding hydrogens is 138 g/mol. The molecule has 11 heavy (non-hydrogen) atoms. The van der Waals surface area contributed by atoms with E-state index >= 15 is 0 Å². The van der Waals surface area contributed by atoms with Gasteiger partial charge in [-0.25, -0.2) is 0 Å². The van der Waals surface area contributed by atoms with Crippen LogP contribution in [0.2, 0.25) is 0 Å². The second-order valence-corrected chi connectivity index (χ2v) is 3.31. The molecule has 3 heteroatoms. The molecule has 0 aromatic heterocycles. The molecular formula is C8H17N3. The lowest BCUT2D eigenvalue weighted by molar-refractivity contribution is 0.265. The molecule has 0 saturated carbocycles. The zero-order chi connectivity index (χ0) is 8.27. The van der Waals surface area contributed by atoms with Gasteiger partial charge in [0, 0.05) is 32.5 Å². The Bertz CT molecular complexity index is 142. The van der Waals surface area contributed by atoms with Gasteiger partial charge in [0.05, 0.1) is 6.67 Å². The summed E-state index contributed by atoms with van der Waals surface area (Å²) in [6.45, 7) is 3.28. The summed E-state index contributed by atoms with van der Waals surface area (Å²) in [6, 6.07) is 0. The highest BCUT2D eigenvalue weighted by molar-refractivity contribution is 4.88. The van der Waals surface area contributed by atoms with Gasteiger partial charge in [0.1, 0.15) is 0 Å². The lowest BCUT2D eigenvalue weighted by Crippen LogP contribution is -2.29. The van der Waals surface area contributed by atoms with Crippen molar-refractivity contribution in [3.63, 3.8) is 0 Å². The lowest BCUT2D eigenvalue weighted by atomic mass is 10.5. The molecule has 1 heterocycles. The SMILES string of the molecule is CN(C)CCN1C=CN(C)C1. The summed E-state index contributed by atoms with van der Waals surface area (Å²) in [5.41, 5.74) is 0. The molecule has 64 valence electrons. The van der Waals surface area contributed by atoms with E-state index in [1.807, 2.05) is 0 Å². The highest BCUT2D eigenvalue weighted by atomic mass is 15.3. The number of hydrogen-bond acceptors (Lipinski definition) is 3. The summed E-state index contributed by atoms with van der Waals surface area (Å²) in [6.07, 6.45) is 4.25. The highest BCUT2D eigenvalue weighted by Crippen LogP contribution is 2.02. The Balaban J connectivity index is 2.14. The Morgan fingerprint density at radius 2 is 2.09 bits per heavy atom. The average Bonchev–Trinajstić information content (AvgIpc) is 2.31. The lowest BCUT2D eigenvalue weighted by Gasteiger charge is -2.19. The van der Waals surface area contributed by atoms with Crippen LogP contribution >= 0.6 is 0 Å². The fraction of sp³-hybridized carbons (Fsp3) is 0.750. The number of nitrogens with zero attached hydrogens (tertiary/aromatic N) is 3. The summed E-state index contributed by atoms with van der Waals surface area (Å²) in [5.74, 6) is 0. The van der Waals surface area contributed by atoms with Crippen LogP contribution in [0, 0.1) is 0 Å². The fourth-order valence-corrected chi connectivity index (χ4v) is 1.06. The molecule has 0 atom stereocenters. The molecule has 3 nitrogen and oxygen atoms in total. The van der Waals surface area contributed by atoms with Crippen LogP contribution in [0.25, 0.3) is 0 Å². The van der Waals surface area contributed by atoms with Crippen LogP contribution < -0.4 is 0 Å². The molecule has 1 aliphatic heterocycles. The maximum Gasteiger partial charge on any atom is 0.0891 e. The van der Waals surface area contributed by atoms with E-state index in [0.29, 0.717) is 0 Å². The van der Waals surface area contributed by atoms with E-state index in [2.05, 4.69) is 48.2 Å². The van der Waals surface area contributed by atoms with Gasteiger partial charge >= 0.3 is 0 Å². The first-order valence-electron chi connectivity index (χ1n) is 3.96. The number of hydrogen-bond donors (Lipinski definition) is 0. The first-order chi connectivity index (χ1) is 5.18. The smallest absolute Gasteiger partial charge is 0.0891 e. The monoisotopic (exact) mass is 155 g/mol. The minimum atomic E-state index is 1.04. The summed E-state index contributed by atoms with van der Waals surface area (Å²) >= 11 is 0. The van der Waals surface area contributed by atoms with Crippen molar-refractivity contribution in [3.8, 4) is 0 Å². The fourth-order valence-electron chi connectivity index (χ4n) is 1.06. The highest BCUT2D eigenvalue weighted by Gasteiger charge is 2.06. The van der Waals surface area contributed by atoms with Gasteiger partial charge in [-0.1, -0.05) is 0 Å². The molecule has 0 unspecified atom stereocenters. The zero-order valence-electron chi connectivity index (χ0n) is 7.62. The van der Waals surface area contributed by atoms with Crippen LogP contribution in [0.1, 0.15) is 0 Å². The van der Waals surface area contributed by atoms with Gasteiger partial charge in [0.15, 0.2) is 0 Å². The van der Waals surface area contributed by atoms with Crippen LogP contribution in [0.4, 0.5) is 0 Å². The molecule has 0 spiro atoms. The number of likely N-dealkylation sites (N-methyl/N-ethyl adjacent to an activating group) is 1. The van der Waals surface area contributed by atoms with E-state index in [1.165, 1.54) is 0 Å². The van der Waals surface area contributed by atoms with Gasteiger partial charge in [-0.05, 0) is 14.1 Å². The molecule has 0 N–H and O–H groups in total. The predicted octanol–water partition coefficient (Wildman–Crippen LogP) is 0.224. The Hall–Kier alpha value is -0.700. The van der Waals surface area contributed by atoms with Gasteiger partial charge in [0.25, 0.3) is 0 Å². The summed E-state index contributed by atoms with van der Waals surface area (Å²) < 4.78 is 0. The van der Waals surface area contributed by atoms with Crippen molar-refractivity contribution >= 4 is 0 Å². The third-order valence-corrected chi connectivity index (χ3v) is 1.77. The standard InChI is InChI=1S/C8H17N3/c1-9(2)4-6-11-7-5-10(3)8-11/h5,7H,4,6,8H2,1-3H3. The van der Waals surface area contributed by atoms with E-state index in [0.717, 1.165) is 19.8 Å². The summed E-state index contributed by atoms with van der Waals surface area (Å²) in [4.78, 5) is 6.68. The molecule has 0 amide bonds. The third kappa shape index (κ3) is 2.80. The van der Waals surface area contributed by atoms with Gasteiger partial charge in [0.2, 0.25) is 0 Å². The summed E-state index contributed by atoms with van der Waals surface area (Å²) in [7, 11) is 6.29. The van der Waals surface area contributed by atoms with Crippen LogP contribution in [0.5, 0.6) is 0 Å². The minimum Gasteiger partial charge on any atom is -0.362 e. The topological polar surface area (TPSA) is 9.72 Å². The molecule has 0 radical (unpaired) electrons. The van der Waals surface area contributed by atoms with Gasteiger partial charge < -0.3 is 14.7 Å². The molecule has 1 rings (SSSR count). The Kier molecular flexibility index (Phi) is 2.76. The Morgan fingerprint density at radius 3 is 2.55 bits per heavy atom. The Morgan fingerprint density at radius 1 is 1.36 bits per heavy atom. The molecule has 0 aromatic carbocycles. The zero-order valence-corrected chi connectivity index (χ0v) is 7.62. The van der Waals surface area contributed by atoms with Crippen LogP contribution in [-0.4, -0.2) is 55.6 Å². The molecule has 0 aliphatic carbocycles. The van der Waals surface area contributed by atoms with Crippen molar-refractivity contribution < 1.29 is 0 Å². The van der Waals surface area contributed by atoms with Crippen molar-refractivity contribution in [3.05, 3.63) is 12.4 Å². The molecule has 0 saturated heterocycles. The van der Waals surface area contributed by atoms with Crippen molar-refractivity contribution in [2.24, 2.45) is 0 Å². The average molecular weight is 155 g/mol. The van der Waals surface area contributed by atoms with Crippen molar-refractivity contribution in [1.82, 2.24) is 14.7 Å². The third-order valence-electron chi connectivity index (χ3n) is 1.77. The molecule has 0 bridgehead atoms. The van der Waals surface area contributed by atoms with Crippen LogP contribution in [-0.2, 0) is 0 Å². The molecule has 0 fully saturated rings. The predicted molar refractivity (Wildman–Crippen MR) is 47.0 cm³/mol. The van der Waals surface area contributed by atoms with Gasteiger partial charge in [-0.2, -0.15) is 0 Å². The maximum absolute atomic E-state index is 2.31. The van der Waals surface area contributed by atoms with Gasteiger partial charge in [-0.15, -0.1) is 0 Å². The second kappa shape index (κ2) is 3.62. The summed E-state index contributed by atoms with van der Waals surface area (Å²) in [5, 5.41) is 0. The van der Waals surface area contributed by atoms with E-state index in [-0.39, 0.29) is 0 Å². The van der Waals surface area contributed by atoms with Gasteiger partial charge in [-0.3, -0.25) is 0 Å². The van der Waals surface area contributed by atoms with E-state index in [4.69, 9.17) is 0 Å². The largest absolute Gasteiger partial charge is 0.362 e. The Labute approximate surface area is 68.9 Å². The van der Waals surface area contributed by atoms with Crippen LogP contribution in [0.15, 0.2) is 12.4 Å². The van der Waals surface area contributed by atoms with Crippen molar-refractivity contribution in [2.75, 3.05) is 40.9 Å². The normalized spacial score (nSPS) is 17.1. The van der Waals surface area contributed by atoms with E-state index in [1.54, 1.807) is 0 Å². The first kappa shape index (κ1) is 8.40. The van der Waals surface area contributed by atoms with Crippen LogP contribution in [0.3, 0.4) is 0 Å².